The lowest BCUT2D eigenvalue weighted by molar-refractivity contribution is -0.135. The molecule has 3 rings (SSSR count). The number of carbonyl (C=O) groups excluding carboxylic acids is 2. The van der Waals surface area contributed by atoms with Gasteiger partial charge < -0.3 is 9.47 Å². The van der Waals surface area contributed by atoms with Crippen molar-refractivity contribution in [3.05, 3.63) is 64.1 Å². The molecule has 0 spiro atoms. The maximum absolute atomic E-state index is 11.9. The molecule has 6 nitrogen and oxygen atoms in total. The molecule has 0 aliphatic carbocycles. The first kappa shape index (κ1) is 17.2. The average Bonchev–Trinajstić information content (AvgIpc) is 3.00. The number of hydrogen-bond acceptors (Lipinski definition) is 5. The van der Waals surface area contributed by atoms with Crippen LogP contribution < -0.4 is 4.74 Å². The third kappa shape index (κ3) is 3.88. The summed E-state index contributed by atoms with van der Waals surface area (Å²) >= 11 is 3.41. The number of benzene rings is 2. The van der Waals surface area contributed by atoms with Gasteiger partial charge >= 0.3 is 5.97 Å². The molecule has 0 bridgehead atoms. The quantitative estimate of drug-likeness (QED) is 0.580. The fourth-order valence-corrected chi connectivity index (χ4v) is 2.79. The van der Waals surface area contributed by atoms with Gasteiger partial charge in [-0.25, -0.2) is 0 Å². The first-order chi connectivity index (χ1) is 11.9. The highest BCUT2D eigenvalue weighted by atomic mass is 79.9. The third-order valence-corrected chi connectivity index (χ3v) is 3.96. The van der Waals surface area contributed by atoms with Gasteiger partial charge in [-0.3, -0.25) is 9.59 Å². The van der Waals surface area contributed by atoms with Crippen molar-refractivity contribution < 1.29 is 19.1 Å². The molecule has 0 aromatic heterocycles. The van der Waals surface area contributed by atoms with Gasteiger partial charge in [-0.15, -0.1) is 5.10 Å². The summed E-state index contributed by atoms with van der Waals surface area (Å²) in [7, 11) is 0. The van der Waals surface area contributed by atoms with E-state index in [0.717, 1.165) is 15.6 Å². The van der Waals surface area contributed by atoms with Crippen molar-refractivity contribution in [3.63, 3.8) is 0 Å². The lowest BCUT2D eigenvalue weighted by Crippen LogP contribution is -2.25. The Bertz CT molecular complexity index is 848. The normalized spacial score (nSPS) is 16.2. The molecule has 0 saturated carbocycles. The first-order valence-electron chi connectivity index (χ1n) is 7.53. The van der Waals surface area contributed by atoms with Gasteiger partial charge in [0.2, 0.25) is 18.0 Å². The summed E-state index contributed by atoms with van der Waals surface area (Å²) < 4.78 is 11.8. The van der Waals surface area contributed by atoms with E-state index >= 15 is 0 Å². The number of halogens is 1. The van der Waals surface area contributed by atoms with Crippen LogP contribution in [0.3, 0.4) is 0 Å². The molecule has 0 fully saturated rings. The minimum atomic E-state index is -0.669. The monoisotopic (exact) mass is 402 g/mol. The van der Waals surface area contributed by atoms with Crippen LogP contribution in [0.25, 0.3) is 0 Å². The Labute approximate surface area is 153 Å². The summed E-state index contributed by atoms with van der Waals surface area (Å²) in [6.07, 6.45) is -0.669. The van der Waals surface area contributed by atoms with Crippen LogP contribution >= 0.6 is 15.9 Å². The molecular formula is C18H15BrN2O4. The topological polar surface area (TPSA) is 68.2 Å². The van der Waals surface area contributed by atoms with Crippen molar-refractivity contribution in [1.82, 2.24) is 5.01 Å². The van der Waals surface area contributed by atoms with E-state index in [1.807, 2.05) is 24.3 Å². The number of amides is 1. The Morgan fingerprint density at radius 1 is 1.16 bits per heavy atom. The van der Waals surface area contributed by atoms with E-state index in [9.17, 15) is 9.59 Å². The van der Waals surface area contributed by atoms with Crippen molar-refractivity contribution in [1.29, 1.82) is 0 Å². The first-order valence-corrected chi connectivity index (χ1v) is 8.33. The molecule has 1 aliphatic rings. The summed E-state index contributed by atoms with van der Waals surface area (Å²) in [5.41, 5.74) is 1.49. The molecule has 1 aliphatic heterocycles. The zero-order valence-electron chi connectivity index (χ0n) is 13.6. The number of nitrogens with zero attached hydrogens (tertiary/aromatic N) is 2. The number of rotatable bonds is 3. The summed E-state index contributed by atoms with van der Waals surface area (Å²) in [6.45, 7) is 2.76. The SMILES string of the molecule is CC(=O)Oc1ccc([C@H]2OC(c3cccc(Br)c3)=NN2C(C)=O)cc1. The lowest BCUT2D eigenvalue weighted by atomic mass is 10.2. The molecule has 7 heteroatoms. The maximum atomic E-state index is 11.9. The molecule has 2 aromatic carbocycles. The second kappa shape index (κ2) is 7.06. The molecule has 2 aromatic rings. The van der Waals surface area contributed by atoms with Crippen LogP contribution in [0.1, 0.15) is 31.2 Å². The molecule has 0 N–H and O–H groups in total. The van der Waals surface area contributed by atoms with E-state index in [2.05, 4.69) is 21.0 Å². The van der Waals surface area contributed by atoms with Gasteiger partial charge in [0.05, 0.1) is 0 Å². The fraction of sp³-hybridized carbons (Fsp3) is 0.167. The van der Waals surface area contributed by atoms with Gasteiger partial charge in [0.25, 0.3) is 0 Å². The van der Waals surface area contributed by atoms with Crippen LogP contribution in [0.2, 0.25) is 0 Å². The minimum absolute atomic E-state index is 0.237. The van der Waals surface area contributed by atoms with E-state index in [1.165, 1.54) is 18.9 Å². The second-order valence-electron chi connectivity index (χ2n) is 5.41. The smallest absolute Gasteiger partial charge is 0.308 e. The lowest BCUT2D eigenvalue weighted by Gasteiger charge is -2.19. The minimum Gasteiger partial charge on any atom is -0.446 e. The molecular weight excluding hydrogens is 388 g/mol. The Morgan fingerprint density at radius 2 is 1.88 bits per heavy atom. The molecule has 25 heavy (non-hydrogen) atoms. The van der Waals surface area contributed by atoms with Gasteiger partial charge in [0.15, 0.2) is 0 Å². The highest BCUT2D eigenvalue weighted by molar-refractivity contribution is 9.10. The molecule has 0 radical (unpaired) electrons. The zero-order chi connectivity index (χ0) is 18.0. The number of carbonyl (C=O) groups is 2. The van der Waals surface area contributed by atoms with E-state index in [1.54, 1.807) is 24.3 Å². The molecule has 0 unspecified atom stereocenters. The molecule has 1 heterocycles. The molecule has 0 saturated heterocycles. The standard InChI is InChI=1S/C18H15BrN2O4/c1-11(22)21-18(13-6-8-16(9-7-13)24-12(2)23)25-17(20-21)14-4-3-5-15(19)10-14/h3-10,18H,1-2H3/t18-/m1/s1. The largest absolute Gasteiger partial charge is 0.446 e. The van der Waals surface area contributed by atoms with Crippen molar-refractivity contribution in [2.24, 2.45) is 5.10 Å². The average molecular weight is 403 g/mol. The predicted molar refractivity (Wildman–Crippen MR) is 94.8 cm³/mol. The van der Waals surface area contributed by atoms with Crippen LogP contribution in [0.4, 0.5) is 0 Å². The molecule has 1 atom stereocenters. The van der Waals surface area contributed by atoms with Crippen molar-refractivity contribution in [2.45, 2.75) is 20.1 Å². The van der Waals surface area contributed by atoms with Crippen molar-refractivity contribution >= 4 is 33.7 Å². The highest BCUT2D eigenvalue weighted by Gasteiger charge is 2.33. The van der Waals surface area contributed by atoms with E-state index < -0.39 is 12.2 Å². The fourth-order valence-electron chi connectivity index (χ4n) is 2.39. The van der Waals surface area contributed by atoms with E-state index in [-0.39, 0.29) is 5.91 Å². The van der Waals surface area contributed by atoms with Crippen LogP contribution in [-0.2, 0) is 14.3 Å². The van der Waals surface area contributed by atoms with Crippen molar-refractivity contribution in [3.8, 4) is 5.75 Å². The summed E-state index contributed by atoms with van der Waals surface area (Å²) in [4.78, 5) is 22.9. The number of hydrogen-bond donors (Lipinski definition) is 0. The highest BCUT2D eigenvalue weighted by Crippen LogP contribution is 2.31. The third-order valence-electron chi connectivity index (χ3n) is 3.46. The summed E-state index contributed by atoms with van der Waals surface area (Å²) in [5.74, 6) is 0.164. The van der Waals surface area contributed by atoms with Gasteiger partial charge in [-0.05, 0) is 42.5 Å². The van der Waals surface area contributed by atoms with E-state index in [0.29, 0.717) is 11.6 Å². The maximum Gasteiger partial charge on any atom is 0.308 e. The van der Waals surface area contributed by atoms with Gasteiger partial charge in [-0.1, -0.05) is 22.0 Å². The molecule has 1 amide bonds. The van der Waals surface area contributed by atoms with Crippen LogP contribution in [0.5, 0.6) is 5.75 Å². The molecule has 128 valence electrons. The summed E-state index contributed by atoms with van der Waals surface area (Å²) in [5, 5.41) is 5.59. The van der Waals surface area contributed by atoms with Crippen LogP contribution in [-0.4, -0.2) is 22.8 Å². The van der Waals surface area contributed by atoms with Crippen LogP contribution in [0.15, 0.2) is 58.1 Å². The van der Waals surface area contributed by atoms with Crippen molar-refractivity contribution in [2.75, 3.05) is 0 Å². The summed E-state index contributed by atoms with van der Waals surface area (Å²) in [6, 6.07) is 14.2. The Kier molecular flexibility index (Phi) is 4.85. The van der Waals surface area contributed by atoms with Gasteiger partial charge in [0.1, 0.15) is 5.75 Å². The number of ether oxygens (including phenoxy) is 2. The van der Waals surface area contributed by atoms with Gasteiger partial charge in [-0.2, -0.15) is 5.01 Å². The van der Waals surface area contributed by atoms with E-state index in [4.69, 9.17) is 9.47 Å². The Morgan fingerprint density at radius 3 is 2.48 bits per heavy atom. The second-order valence-corrected chi connectivity index (χ2v) is 6.33. The predicted octanol–water partition coefficient (Wildman–Crippen LogP) is 3.61. The Balaban J connectivity index is 1.87. The number of hydrazone groups is 1. The Hall–Kier alpha value is -2.67. The zero-order valence-corrected chi connectivity index (χ0v) is 15.2. The van der Waals surface area contributed by atoms with Crippen LogP contribution in [0, 0.1) is 0 Å². The number of esters is 1. The van der Waals surface area contributed by atoms with Gasteiger partial charge in [0, 0.05) is 29.4 Å².